The standard InChI is InChI=1S/C18H30N2O8S/c1-5-27-16(28-6-2)13(20(23)24)14(21)15(22)19-12-9-11-7-8-18(12,17(11,3)4)10-29(19,25)26/h11-14,16,21H,5-10H2,1-4H3/t11?,12-,13-,14+,18?/m1/s1. The Hall–Kier alpha value is -1.30. The molecule has 0 aromatic rings. The largest absolute Gasteiger partial charge is 0.377 e. The van der Waals surface area contributed by atoms with Gasteiger partial charge in [-0.15, -0.1) is 0 Å². The third-order valence-electron chi connectivity index (χ3n) is 7.39. The lowest BCUT2D eigenvalue weighted by atomic mass is 9.69. The van der Waals surface area contributed by atoms with E-state index < -0.39 is 50.7 Å². The number of nitro groups is 1. The quantitative estimate of drug-likeness (QED) is 0.336. The maximum Gasteiger partial charge on any atom is 0.297 e. The number of amides is 1. The van der Waals surface area contributed by atoms with E-state index in [-0.39, 0.29) is 30.3 Å². The molecule has 5 atom stereocenters. The molecule has 11 heteroatoms. The number of fused-ring (bicyclic) bond motifs is 1. The normalized spacial score (nSPS) is 33.7. The Morgan fingerprint density at radius 2 is 1.90 bits per heavy atom. The van der Waals surface area contributed by atoms with Gasteiger partial charge in [-0.25, -0.2) is 12.7 Å². The summed E-state index contributed by atoms with van der Waals surface area (Å²) >= 11 is 0. The molecule has 10 nitrogen and oxygen atoms in total. The van der Waals surface area contributed by atoms with Crippen molar-refractivity contribution < 1.29 is 32.7 Å². The topological polar surface area (TPSA) is 136 Å². The summed E-state index contributed by atoms with van der Waals surface area (Å²) in [6.45, 7) is 7.40. The molecule has 3 fully saturated rings. The van der Waals surface area contributed by atoms with E-state index in [9.17, 15) is 28.4 Å². The average Bonchev–Trinajstić information content (AvgIpc) is 3.08. The van der Waals surface area contributed by atoms with Gasteiger partial charge in [-0.1, -0.05) is 13.8 Å². The summed E-state index contributed by atoms with van der Waals surface area (Å²) in [5.41, 5.74) is -0.832. The minimum Gasteiger partial charge on any atom is -0.377 e. The van der Waals surface area contributed by atoms with E-state index >= 15 is 0 Å². The molecule has 1 spiro atoms. The third kappa shape index (κ3) is 3.17. The highest BCUT2D eigenvalue weighted by atomic mass is 32.2. The van der Waals surface area contributed by atoms with Crippen LogP contribution in [0.1, 0.15) is 47.0 Å². The molecule has 2 unspecified atom stereocenters. The van der Waals surface area contributed by atoms with Crippen LogP contribution in [0.4, 0.5) is 0 Å². The maximum atomic E-state index is 13.1. The monoisotopic (exact) mass is 434 g/mol. The number of hydrogen-bond acceptors (Lipinski definition) is 8. The molecule has 2 bridgehead atoms. The molecule has 1 saturated heterocycles. The molecule has 2 aliphatic carbocycles. The van der Waals surface area contributed by atoms with Crippen molar-refractivity contribution in [2.45, 2.75) is 71.4 Å². The van der Waals surface area contributed by atoms with Crippen molar-refractivity contribution >= 4 is 15.9 Å². The Morgan fingerprint density at radius 1 is 1.31 bits per heavy atom. The summed E-state index contributed by atoms with van der Waals surface area (Å²) < 4.78 is 37.1. The fraction of sp³-hybridized carbons (Fsp3) is 0.944. The number of aliphatic hydroxyl groups excluding tert-OH is 1. The summed E-state index contributed by atoms with van der Waals surface area (Å²) in [6.07, 6.45) is -1.55. The van der Waals surface area contributed by atoms with Gasteiger partial charge in [0.2, 0.25) is 22.4 Å². The molecule has 0 radical (unpaired) electrons. The SMILES string of the molecule is CCOC(OCC)[C@@H]([C@H](O)C(=O)N1[C@@H]2CC3CCC2(CS1(=O)=O)C3(C)C)[N+](=O)[O-]. The molecular formula is C18H30N2O8S. The van der Waals surface area contributed by atoms with Crippen molar-refractivity contribution in [1.82, 2.24) is 4.31 Å². The summed E-state index contributed by atoms with van der Waals surface area (Å²) in [6, 6.07) is -2.51. The van der Waals surface area contributed by atoms with Crippen LogP contribution in [0.5, 0.6) is 0 Å². The van der Waals surface area contributed by atoms with Gasteiger partial charge in [0.05, 0.1) is 11.8 Å². The first-order chi connectivity index (χ1) is 13.4. The first-order valence-electron chi connectivity index (χ1n) is 10.0. The first-order valence-corrected chi connectivity index (χ1v) is 11.7. The second kappa shape index (κ2) is 7.44. The van der Waals surface area contributed by atoms with E-state index in [0.29, 0.717) is 12.8 Å². The van der Waals surface area contributed by atoms with Gasteiger partial charge in [-0.2, -0.15) is 0 Å². The Kier molecular flexibility index (Phi) is 5.74. The van der Waals surface area contributed by atoms with Gasteiger partial charge < -0.3 is 14.6 Å². The van der Waals surface area contributed by atoms with E-state index in [1.165, 1.54) is 0 Å². The maximum absolute atomic E-state index is 13.1. The third-order valence-corrected chi connectivity index (χ3v) is 9.30. The Balaban J connectivity index is 1.93. The zero-order valence-electron chi connectivity index (χ0n) is 17.2. The second-order valence-electron chi connectivity index (χ2n) is 8.76. The van der Waals surface area contributed by atoms with E-state index in [1.54, 1.807) is 13.8 Å². The van der Waals surface area contributed by atoms with Crippen molar-refractivity contribution in [3.63, 3.8) is 0 Å². The summed E-state index contributed by atoms with van der Waals surface area (Å²) in [7, 11) is -4.00. The van der Waals surface area contributed by atoms with E-state index in [1.807, 2.05) is 13.8 Å². The van der Waals surface area contributed by atoms with Crippen LogP contribution in [-0.2, 0) is 24.3 Å². The van der Waals surface area contributed by atoms with Crippen LogP contribution in [0, 0.1) is 26.9 Å². The molecule has 3 aliphatic rings. The van der Waals surface area contributed by atoms with Crippen LogP contribution >= 0.6 is 0 Å². The van der Waals surface area contributed by atoms with Gasteiger partial charge >= 0.3 is 0 Å². The molecule has 29 heavy (non-hydrogen) atoms. The summed E-state index contributed by atoms with van der Waals surface area (Å²) in [5.74, 6) is -1.06. The molecule has 0 aromatic carbocycles. The Morgan fingerprint density at radius 3 is 2.38 bits per heavy atom. The highest BCUT2D eigenvalue weighted by molar-refractivity contribution is 7.90. The Labute approximate surface area is 170 Å². The Bertz CT molecular complexity index is 779. The average molecular weight is 435 g/mol. The highest BCUT2D eigenvalue weighted by Gasteiger charge is 2.73. The van der Waals surface area contributed by atoms with Gasteiger partial charge in [0.1, 0.15) is 0 Å². The smallest absolute Gasteiger partial charge is 0.297 e. The zero-order chi connectivity index (χ0) is 21.8. The van der Waals surface area contributed by atoms with Crippen LogP contribution in [0.25, 0.3) is 0 Å². The van der Waals surface area contributed by atoms with E-state index in [4.69, 9.17) is 9.47 Å². The number of aliphatic hydroxyl groups is 1. The van der Waals surface area contributed by atoms with Gasteiger partial charge in [0, 0.05) is 23.6 Å². The number of nitrogens with zero attached hydrogens (tertiary/aromatic N) is 2. The predicted octanol–water partition coefficient (Wildman–Crippen LogP) is 0.759. The van der Waals surface area contributed by atoms with Gasteiger partial charge in [-0.05, 0) is 44.4 Å². The van der Waals surface area contributed by atoms with E-state index in [2.05, 4.69) is 0 Å². The number of rotatable bonds is 8. The van der Waals surface area contributed by atoms with E-state index in [0.717, 1.165) is 10.7 Å². The summed E-state index contributed by atoms with van der Waals surface area (Å²) in [5, 5.41) is 22.3. The minimum atomic E-state index is -4.00. The lowest BCUT2D eigenvalue weighted by Gasteiger charge is -2.37. The number of carbonyl (C=O) groups excluding carboxylic acids is 1. The molecule has 1 heterocycles. The van der Waals surface area contributed by atoms with Crippen LogP contribution in [0.15, 0.2) is 0 Å². The first kappa shape index (κ1) is 22.4. The number of sulfonamides is 1. The molecule has 1 aliphatic heterocycles. The molecular weight excluding hydrogens is 404 g/mol. The van der Waals surface area contributed by atoms with Crippen molar-refractivity contribution in [2.75, 3.05) is 19.0 Å². The van der Waals surface area contributed by atoms with Gasteiger partial charge in [0.15, 0.2) is 0 Å². The minimum absolute atomic E-state index is 0.0690. The van der Waals surface area contributed by atoms with Crippen molar-refractivity contribution in [3.8, 4) is 0 Å². The molecule has 166 valence electrons. The fourth-order valence-electron chi connectivity index (χ4n) is 5.79. The van der Waals surface area contributed by atoms with Crippen molar-refractivity contribution in [3.05, 3.63) is 10.1 Å². The lowest BCUT2D eigenvalue weighted by molar-refractivity contribution is -0.558. The predicted molar refractivity (Wildman–Crippen MR) is 102 cm³/mol. The van der Waals surface area contributed by atoms with Crippen molar-refractivity contribution in [1.29, 1.82) is 0 Å². The van der Waals surface area contributed by atoms with Crippen LogP contribution in [-0.4, -0.2) is 72.1 Å². The van der Waals surface area contributed by atoms with Crippen LogP contribution in [0.2, 0.25) is 0 Å². The number of ether oxygens (including phenoxy) is 2. The lowest BCUT2D eigenvalue weighted by Crippen LogP contribution is -2.56. The van der Waals surface area contributed by atoms with Gasteiger partial charge in [0.25, 0.3) is 11.9 Å². The van der Waals surface area contributed by atoms with Crippen LogP contribution in [0.3, 0.4) is 0 Å². The molecule has 0 aromatic heterocycles. The molecule has 3 rings (SSSR count). The molecule has 1 N–H and O–H groups in total. The number of hydrogen-bond donors (Lipinski definition) is 1. The molecule has 1 amide bonds. The highest BCUT2D eigenvalue weighted by Crippen LogP contribution is 2.70. The summed E-state index contributed by atoms with van der Waals surface area (Å²) in [4.78, 5) is 23.9. The number of carbonyl (C=O) groups is 1. The van der Waals surface area contributed by atoms with Gasteiger partial charge in [-0.3, -0.25) is 14.9 Å². The van der Waals surface area contributed by atoms with Crippen molar-refractivity contribution in [2.24, 2.45) is 16.7 Å². The second-order valence-corrected chi connectivity index (χ2v) is 10.6. The fourth-order valence-corrected chi connectivity index (χ4v) is 8.35. The van der Waals surface area contributed by atoms with Crippen LogP contribution < -0.4 is 0 Å². The zero-order valence-corrected chi connectivity index (χ0v) is 18.1. The molecule has 2 saturated carbocycles.